The van der Waals surface area contributed by atoms with Crippen molar-refractivity contribution >= 4 is 44.8 Å². The molecule has 0 fully saturated rings. The van der Waals surface area contributed by atoms with E-state index in [2.05, 4.69) is 15.9 Å². The molecule has 0 spiro atoms. The lowest BCUT2D eigenvalue weighted by molar-refractivity contribution is -0.141. The van der Waals surface area contributed by atoms with E-state index in [0.29, 0.717) is 17.9 Å². The van der Waals surface area contributed by atoms with Crippen LogP contribution in [0.1, 0.15) is 10.4 Å². The van der Waals surface area contributed by atoms with Gasteiger partial charge < -0.3 is 5.11 Å². The highest BCUT2D eigenvalue weighted by molar-refractivity contribution is 9.10. The summed E-state index contributed by atoms with van der Waals surface area (Å²) in [4.78, 5) is 12.4. The molecule has 0 aliphatic carbocycles. The Morgan fingerprint density at radius 2 is 2.16 bits per heavy atom. The molecule has 1 unspecified atom stereocenters. The van der Waals surface area contributed by atoms with Crippen LogP contribution >= 0.6 is 38.9 Å². The molecule has 0 aliphatic heterocycles. The monoisotopic (exact) mass is 358 g/mol. The molecule has 1 aromatic carbocycles. The largest absolute Gasteiger partial charge is 0.481 e. The van der Waals surface area contributed by atoms with Crippen LogP contribution in [0.3, 0.4) is 0 Å². The number of thiophene rings is 1. The van der Waals surface area contributed by atoms with Crippen LogP contribution in [-0.2, 0) is 17.6 Å². The fourth-order valence-electron chi connectivity index (χ4n) is 1.90. The van der Waals surface area contributed by atoms with Gasteiger partial charge in [0.25, 0.3) is 0 Å². The number of carboxylic acids is 1. The summed E-state index contributed by atoms with van der Waals surface area (Å²) >= 11 is 10.9. The van der Waals surface area contributed by atoms with Gasteiger partial charge in [-0.1, -0.05) is 23.7 Å². The third kappa shape index (κ3) is 4.34. The molecule has 0 aliphatic rings. The summed E-state index contributed by atoms with van der Waals surface area (Å²) in [6.07, 6.45) is 1.03. The number of hydrogen-bond donors (Lipinski definition) is 1. The Labute approximate surface area is 129 Å². The smallest absolute Gasteiger partial charge is 0.307 e. The molecular weight excluding hydrogens is 348 g/mol. The molecule has 5 heteroatoms. The van der Waals surface area contributed by atoms with Gasteiger partial charge in [-0.25, -0.2) is 0 Å². The normalized spacial score (nSPS) is 12.3. The topological polar surface area (TPSA) is 37.3 Å². The van der Waals surface area contributed by atoms with Crippen molar-refractivity contribution in [3.05, 3.63) is 55.6 Å². The van der Waals surface area contributed by atoms with E-state index in [1.807, 2.05) is 29.6 Å². The number of rotatable bonds is 5. The number of carboxylic acid groups (broad SMARTS) is 1. The molecule has 0 saturated carbocycles. The fraction of sp³-hybridized carbons (Fsp3) is 0.214. The Morgan fingerprint density at radius 3 is 2.74 bits per heavy atom. The third-order valence-corrected chi connectivity index (χ3v) is 4.74. The Bertz CT molecular complexity index is 582. The summed E-state index contributed by atoms with van der Waals surface area (Å²) in [5.41, 5.74) is 0.954. The predicted molar refractivity (Wildman–Crippen MR) is 82.0 cm³/mol. The second-order valence-electron chi connectivity index (χ2n) is 4.30. The summed E-state index contributed by atoms with van der Waals surface area (Å²) in [6, 6.07) is 9.34. The quantitative estimate of drug-likeness (QED) is 0.843. The molecule has 2 nitrogen and oxygen atoms in total. The van der Waals surface area contributed by atoms with Crippen LogP contribution in [0, 0.1) is 5.92 Å². The van der Waals surface area contributed by atoms with Gasteiger partial charge in [0.2, 0.25) is 0 Å². The predicted octanol–water partition coefficient (Wildman–Crippen LogP) is 4.65. The molecule has 0 amide bonds. The van der Waals surface area contributed by atoms with Crippen molar-refractivity contribution in [3.63, 3.8) is 0 Å². The van der Waals surface area contributed by atoms with Crippen molar-refractivity contribution in [1.82, 2.24) is 0 Å². The summed E-state index contributed by atoms with van der Waals surface area (Å²) < 4.78 is 0.999. The lowest BCUT2D eigenvalue weighted by Gasteiger charge is -2.11. The van der Waals surface area contributed by atoms with Gasteiger partial charge in [0.05, 0.1) is 5.92 Å². The Kier molecular flexibility index (Phi) is 5.02. The first-order valence-electron chi connectivity index (χ1n) is 5.75. The van der Waals surface area contributed by atoms with Gasteiger partial charge >= 0.3 is 5.97 Å². The number of hydrogen-bond acceptors (Lipinski definition) is 2. The van der Waals surface area contributed by atoms with Gasteiger partial charge in [0.1, 0.15) is 0 Å². The minimum absolute atomic E-state index is 0.427. The van der Waals surface area contributed by atoms with Crippen LogP contribution in [0.25, 0.3) is 0 Å². The van der Waals surface area contributed by atoms with Gasteiger partial charge in [-0.2, -0.15) is 0 Å². The van der Waals surface area contributed by atoms with Gasteiger partial charge in [0, 0.05) is 19.8 Å². The molecule has 100 valence electrons. The van der Waals surface area contributed by atoms with Gasteiger partial charge in [-0.15, -0.1) is 11.3 Å². The molecule has 0 radical (unpaired) electrons. The molecule has 0 saturated heterocycles. The van der Waals surface area contributed by atoms with Gasteiger partial charge in [-0.3, -0.25) is 4.79 Å². The maximum Gasteiger partial charge on any atom is 0.307 e. The highest BCUT2D eigenvalue weighted by Gasteiger charge is 2.19. The van der Waals surface area contributed by atoms with Crippen molar-refractivity contribution in [3.8, 4) is 0 Å². The second-order valence-corrected chi connectivity index (χ2v) is 6.65. The standard InChI is InChI=1S/C14H12BrClO2S/c15-11-7-13(19-8-11)6-10(14(17)18)4-9-2-1-3-12(16)5-9/h1-3,5,7-8,10H,4,6H2,(H,17,18). The van der Waals surface area contributed by atoms with E-state index in [0.717, 1.165) is 14.9 Å². The molecule has 1 atom stereocenters. The molecule has 19 heavy (non-hydrogen) atoms. The maximum absolute atomic E-state index is 11.4. The SMILES string of the molecule is O=C(O)C(Cc1cccc(Cl)c1)Cc1cc(Br)cs1. The van der Waals surface area contributed by atoms with Crippen molar-refractivity contribution in [2.24, 2.45) is 5.92 Å². The van der Waals surface area contributed by atoms with E-state index in [-0.39, 0.29) is 0 Å². The molecular formula is C14H12BrClO2S. The Morgan fingerprint density at radius 1 is 1.37 bits per heavy atom. The van der Waals surface area contributed by atoms with Crippen LogP contribution in [0.2, 0.25) is 5.02 Å². The molecule has 2 aromatic rings. The lowest BCUT2D eigenvalue weighted by Crippen LogP contribution is -2.18. The number of halogens is 2. The van der Waals surface area contributed by atoms with Crippen LogP contribution in [0.15, 0.2) is 40.2 Å². The van der Waals surface area contributed by atoms with Crippen molar-refractivity contribution in [2.75, 3.05) is 0 Å². The number of carbonyl (C=O) groups is 1. The highest BCUT2D eigenvalue weighted by atomic mass is 79.9. The summed E-state index contributed by atoms with van der Waals surface area (Å²) in [5.74, 6) is -1.20. The molecule has 1 N–H and O–H groups in total. The van der Waals surface area contributed by atoms with Crippen molar-refractivity contribution < 1.29 is 9.90 Å². The average Bonchev–Trinajstić information content (AvgIpc) is 2.74. The first kappa shape index (κ1) is 14.6. The number of aliphatic carboxylic acids is 1. The van der Waals surface area contributed by atoms with E-state index in [4.69, 9.17) is 11.6 Å². The van der Waals surface area contributed by atoms with Crippen LogP contribution in [0.5, 0.6) is 0 Å². The van der Waals surface area contributed by atoms with Crippen LogP contribution in [0.4, 0.5) is 0 Å². The van der Waals surface area contributed by atoms with Crippen molar-refractivity contribution in [2.45, 2.75) is 12.8 Å². The first-order chi connectivity index (χ1) is 9.04. The Balaban J connectivity index is 2.10. The first-order valence-corrected chi connectivity index (χ1v) is 7.80. The highest BCUT2D eigenvalue weighted by Crippen LogP contribution is 2.24. The fourth-order valence-corrected chi connectivity index (χ4v) is 3.64. The zero-order valence-electron chi connectivity index (χ0n) is 9.98. The average molecular weight is 360 g/mol. The summed E-state index contributed by atoms with van der Waals surface area (Å²) in [7, 11) is 0. The molecule has 2 rings (SSSR count). The van der Waals surface area contributed by atoms with E-state index >= 15 is 0 Å². The minimum atomic E-state index is -0.774. The lowest BCUT2D eigenvalue weighted by atomic mass is 9.96. The van der Waals surface area contributed by atoms with Gasteiger partial charge in [0.15, 0.2) is 0 Å². The zero-order valence-corrected chi connectivity index (χ0v) is 13.1. The summed E-state index contributed by atoms with van der Waals surface area (Å²) in [5, 5.41) is 11.9. The maximum atomic E-state index is 11.4. The Hall–Kier alpha value is -0.840. The second kappa shape index (κ2) is 6.55. The van der Waals surface area contributed by atoms with E-state index in [9.17, 15) is 9.90 Å². The molecule has 1 heterocycles. The van der Waals surface area contributed by atoms with Crippen molar-refractivity contribution in [1.29, 1.82) is 0 Å². The van der Waals surface area contributed by atoms with E-state index in [1.165, 1.54) is 0 Å². The molecule has 0 bridgehead atoms. The van der Waals surface area contributed by atoms with E-state index in [1.54, 1.807) is 17.4 Å². The van der Waals surface area contributed by atoms with Gasteiger partial charge in [-0.05, 0) is 52.5 Å². The van der Waals surface area contributed by atoms with E-state index < -0.39 is 11.9 Å². The zero-order chi connectivity index (χ0) is 13.8. The minimum Gasteiger partial charge on any atom is -0.481 e. The molecule has 1 aromatic heterocycles. The summed E-state index contributed by atoms with van der Waals surface area (Å²) in [6.45, 7) is 0. The third-order valence-electron chi connectivity index (χ3n) is 2.79. The van der Waals surface area contributed by atoms with Crippen LogP contribution in [-0.4, -0.2) is 11.1 Å². The van der Waals surface area contributed by atoms with Crippen LogP contribution < -0.4 is 0 Å². The number of benzene rings is 1.